The van der Waals surface area contributed by atoms with Crippen LogP contribution in [-0.4, -0.2) is 17.1 Å². The Hall–Kier alpha value is -1.04. The number of nitrogens with zero attached hydrogens (tertiary/aromatic N) is 1. The van der Waals surface area contributed by atoms with Gasteiger partial charge in [0.2, 0.25) is 0 Å². The van der Waals surface area contributed by atoms with Gasteiger partial charge in [0.25, 0.3) is 6.43 Å². The molecule has 1 heterocycles. The average Bonchev–Trinajstić information content (AvgIpc) is 2.16. The number of ether oxygens (including phenoxy) is 1. The molecule has 0 unspecified atom stereocenters. The molecule has 0 fully saturated rings. The molecular weight excluding hydrogens is 284 g/mol. The first-order chi connectivity index (χ1) is 7.41. The monoisotopic (exact) mass is 293 g/mol. The third-order valence-corrected chi connectivity index (χ3v) is 2.09. The third-order valence-electron chi connectivity index (χ3n) is 1.65. The smallest absolute Gasteiger partial charge is 0.357 e. The van der Waals surface area contributed by atoms with E-state index in [0.717, 1.165) is 6.07 Å². The molecule has 0 N–H and O–H groups in total. The van der Waals surface area contributed by atoms with Crippen molar-refractivity contribution in [2.45, 2.75) is 26.4 Å². The number of hydrogen-bond acceptors (Lipinski definition) is 3. The van der Waals surface area contributed by atoms with Gasteiger partial charge in [-0.25, -0.2) is 18.6 Å². The molecule has 0 bridgehead atoms. The molecule has 0 aliphatic carbocycles. The highest BCUT2D eigenvalue weighted by molar-refractivity contribution is 9.10. The van der Waals surface area contributed by atoms with Gasteiger partial charge in [-0.2, -0.15) is 0 Å². The molecule has 0 aromatic carbocycles. The van der Waals surface area contributed by atoms with Gasteiger partial charge in [-0.15, -0.1) is 0 Å². The zero-order chi connectivity index (χ0) is 12.3. The second-order valence-corrected chi connectivity index (χ2v) is 4.26. The first-order valence-electron chi connectivity index (χ1n) is 4.56. The first kappa shape index (κ1) is 13.0. The quantitative estimate of drug-likeness (QED) is 0.802. The Bertz CT molecular complexity index is 396. The zero-order valence-electron chi connectivity index (χ0n) is 8.71. The molecule has 1 rings (SSSR count). The number of carbonyl (C=O) groups excluding carboxylic acids is 1. The predicted octanol–water partition coefficient (Wildman–Crippen LogP) is 3.35. The standard InChI is InChI=1S/C10H10BrF2NO2/c1-5(2)16-10(15)8-7(9(12)13)3-6(11)4-14-8/h3-5,9H,1-2H3. The van der Waals surface area contributed by atoms with Gasteiger partial charge in [-0.1, -0.05) is 0 Å². The van der Waals surface area contributed by atoms with Crippen LogP contribution in [0.25, 0.3) is 0 Å². The van der Waals surface area contributed by atoms with Gasteiger partial charge in [0.15, 0.2) is 5.69 Å². The van der Waals surface area contributed by atoms with Crippen LogP contribution in [0.15, 0.2) is 16.7 Å². The Kier molecular flexibility index (Phi) is 4.35. The van der Waals surface area contributed by atoms with Crippen LogP contribution >= 0.6 is 15.9 Å². The largest absolute Gasteiger partial charge is 0.458 e. The molecule has 1 aromatic rings. The summed E-state index contributed by atoms with van der Waals surface area (Å²) in [6.07, 6.45) is -1.86. The van der Waals surface area contributed by atoms with Crippen LogP contribution in [-0.2, 0) is 4.74 Å². The molecule has 3 nitrogen and oxygen atoms in total. The number of hydrogen-bond donors (Lipinski definition) is 0. The summed E-state index contributed by atoms with van der Waals surface area (Å²) in [5.74, 6) is -0.835. The molecule has 6 heteroatoms. The number of rotatable bonds is 3. The number of pyridine rings is 1. The van der Waals surface area contributed by atoms with E-state index in [1.165, 1.54) is 6.20 Å². The van der Waals surface area contributed by atoms with E-state index in [-0.39, 0.29) is 11.8 Å². The maximum Gasteiger partial charge on any atom is 0.357 e. The minimum absolute atomic E-state index is 0.341. The maximum absolute atomic E-state index is 12.6. The van der Waals surface area contributed by atoms with E-state index in [4.69, 9.17) is 4.74 Å². The number of carbonyl (C=O) groups is 1. The van der Waals surface area contributed by atoms with Crippen molar-refractivity contribution in [1.29, 1.82) is 0 Å². The maximum atomic E-state index is 12.6. The summed E-state index contributed by atoms with van der Waals surface area (Å²) < 4.78 is 30.5. The van der Waals surface area contributed by atoms with Crippen LogP contribution < -0.4 is 0 Å². The summed E-state index contributed by atoms with van der Waals surface area (Å²) in [6, 6.07) is 1.16. The fourth-order valence-electron chi connectivity index (χ4n) is 1.06. The van der Waals surface area contributed by atoms with Gasteiger partial charge in [0.05, 0.1) is 11.7 Å². The van der Waals surface area contributed by atoms with Crippen LogP contribution in [0.5, 0.6) is 0 Å². The van der Waals surface area contributed by atoms with Crippen LogP contribution in [0.2, 0.25) is 0 Å². The summed E-state index contributed by atoms with van der Waals surface area (Å²) in [4.78, 5) is 15.1. The van der Waals surface area contributed by atoms with Crippen molar-refractivity contribution in [3.63, 3.8) is 0 Å². The molecular formula is C10H10BrF2NO2. The lowest BCUT2D eigenvalue weighted by molar-refractivity contribution is 0.0360. The summed E-state index contributed by atoms with van der Waals surface area (Å²) in [5.41, 5.74) is -0.771. The van der Waals surface area contributed by atoms with Gasteiger partial charge in [-0.3, -0.25) is 0 Å². The highest BCUT2D eigenvalue weighted by atomic mass is 79.9. The minimum atomic E-state index is -2.76. The van der Waals surface area contributed by atoms with E-state index in [1.807, 2.05) is 0 Å². The minimum Gasteiger partial charge on any atom is -0.458 e. The average molecular weight is 294 g/mol. The molecule has 0 saturated heterocycles. The normalized spacial score (nSPS) is 10.9. The Morgan fingerprint density at radius 3 is 2.62 bits per heavy atom. The van der Waals surface area contributed by atoms with Crippen molar-refractivity contribution in [2.75, 3.05) is 0 Å². The van der Waals surface area contributed by atoms with E-state index in [2.05, 4.69) is 20.9 Å². The molecule has 16 heavy (non-hydrogen) atoms. The number of halogens is 3. The summed E-state index contributed by atoms with van der Waals surface area (Å²) in [6.45, 7) is 3.28. The van der Waals surface area contributed by atoms with Crippen molar-refractivity contribution in [2.24, 2.45) is 0 Å². The number of alkyl halides is 2. The predicted molar refractivity (Wildman–Crippen MR) is 57.4 cm³/mol. The Balaban J connectivity index is 3.07. The molecule has 88 valence electrons. The highest BCUT2D eigenvalue weighted by Crippen LogP contribution is 2.25. The molecule has 0 amide bonds. The second kappa shape index (κ2) is 5.34. The summed E-state index contributed by atoms with van der Waals surface area (Å²) >= 11 is 3.02. The van der Waals surface area contributed by atoms with Crippen molar-refractivity contribution in [3.8, 4) is 0 Å². The lowest BCUT2D eigenvalue weighted by Gasteiger charge is -2.10. The number of aromatic nitrogens is 1. The van der Waals surface area contributed by atoms with Gasteiger partial charge in [-0.05, 0) is 35.8 Å². The van der Waals surface area contributed by atoms with E-state index < -0.39 is 18.0 Å². The van der Waals surface area contributed by atoms with E-state index >= 15 is 0 Å². The van der Waals surface area contributed by atoms with Crippen molar-refractivity contribution >= 4 is 21.9 Å². The van der Waals surface area contributed by atoms with Crippen LogP contribution in [0.1, 0.15) is 36.3 Å². The fourth-order valence-corrected chi connectivity index (χ4v) is 1.41. The van der Waals surface area contributed by atoms with Gasteiger partial charge < -0.3 is 4.74 Å². The summed E-state index contributed by atoms with van der Waals surface area (Å²) in [7, 11) is 0. The van der Waals surface area contributed by atoms with Crippen LogP contribution in [0, 0.1) is 0 Å². The first-order valence-corrected chi connectivity index (χ1v) is 5.35. The fraction of sp³-hybridized carbons (Fsp3) is 0.400. The van der Waals surface area contributed by atoms with Crippen molar-refractivity contribution in [1.82, 2.24) is 4.98 Å². The van der Waals surface area contributed by atoms with E-state index in [1.54, 1.807) is 13.8 Å². The topological polar surface area (TPSA) is 39.2 Å². The Morgan fingerprint density at radius 1 is 1.50 bits per heavy atom. The Labute approximate surface area is 99.9 Å². The zero-order valence-corrected chi connectivity index (χ0v) is 10.3. The number of esters is 1. The van der Waals surface area contributed by atoms with Crippen molar-refractivity contribution in [3.05, 3.63) is 28.0 Å². The third kappa shape index (κ3) is 3.23. The molecule has 0 aliphatic heterocycles. The van der Waals surface area contributed by atoms with Crippen LogP contribution in [0.4, 0.5) is 8.78 Å². The van der Waals surface area contributed by atoms with Gasteiger partial charge >= 0.3 is 5.97 Å². The summed E-state index contributed by atoms with van der Waals surface area (Å²) in [5, 5.41) is 0. The second-order valence-electron chi connectivity index (χ2n) is 3.35. The van der Waals surface area contributed by atoms with Crippen molar-refractivity contribution < 1.29 is 18.3 Å². The lowest BCUT2D eigenvalue weighted by atomic mass is 10.2. The Morgan fingerprint density at radius 2 is 2.12 bits per heavy atom. The van der Waals surface area contributed by atoms with Crippen LogP contribution in [0.3, 0.4) is 0 Å². The SMILES string of the molecule is CC(C)OC(=O)c1ncc(Br)cc1C(F)F. The molecule has 1 aromatic heterocycles. The van der Waals surface area contributed by atoms with E-state index in [0.29, 0.717) is 4.47 Å². The molecule has 0 aliphatic rings. The lowest BCUT2D eigenvalue weighted by Crippen LogP contribution is -2.15. The molecule has 0 spiro atoms. The van der Waals surface area contributed by atoms with E-state index in [9.17, 15) is 13.6 Å². The molecule has 0 atom stereocenters. The molecule has 0 saturated carbocycles. The molecule has 0 radical (unpaired) electrons. The van der Waals surface area contributed by atoms with Gasteiger partial charge in [0, 0.05) is 10.7 Å². The van der Waals surface area contributed by atoms with Gasteiger partial charge in [0.1, 0.15) is 0 Å². The highest BCUT2D eigenvalue weighted by Gasteiger charge is 2.22.